The molecule has 0 saturated heterocycles. The number of nitrogens with zero attached hydrogens (tertiary/aromatic N) is 2. The van der Waals surface area contributed by atoms with Gasteiger partial charge in [0.2, 0.25) is 0 Å². The maximum atomic E-state index is 12.9. The minimum Gasteiger partial charge on any atom is -0.486 e. The summed E-state index contributed by atoms with van der Waals surface area (Å²) in [6.07, 6.45) is -3.14. The van der Waals surface area contributed by atoms with E-state index >= 15 is 0 Å². The number of aldehydes is 1. The van der Waals surface area contributed by atoms with Gasteiger partial charge in [-0.3, -0.25) is 9.20 Å². The predicted octanol–water partition coefficient (Wildman–Crippen LogP) is 3.60. The van der Waals surface area contributed by atoms with Gasteiger partial charge in [-0.25, -0.2) is 4.98 Å². The number of benzene rings is 1. The lowest BCUT2D eigenvalue weighted by molar-refractivity contribution is -0.137. The summed E-state index contributed by atoms with van der Waals surface area (Å²) in [5.74, 6) is 1.08. The van der Waals surface area contributed by atoms with Crippen molar-refractivity contribution in [1.29, 1.82) is 0 Å². The topological polar surface area (TPSA) is 52.8 Å². The molecule has 0 fully saturated rings. The van der Waals surface area contributed by atoms with Crippen molar-refractivity contribution in [3.8, 4) is 22.8 Å². The quantitative estimate of drug-likeness (QED) is 0.664. The molecule has 0 atom stereocenters. The molecule has 3 heterocycles. The number of ether oxygens (including phenoxy) is 2. The number of aromatic nitrogens is 2. The zero-order chi connectivity index (χ0) is 17.6. The second-order valence-corrected chi connectivity index (χ2v) is 5.47. The second-order valence-electron chi connectivity index (χ2n) is 5.47. The van der Waals surface area contributed by atoms with Crippen LogP contribution >= 0.6 is 0 Å². The molecule has 2 aromatic heterocycles. The number of alkyl halides is 3. The molecule has 5 nitrogen and oxygen atoms in total. The molecule has 0 amide bonds. The summed E-state index contributed by atoms with van der Waals surface area (Å²) in [5, 5.41) is 0. The minimum atomic E-state index is -4.50. The molecule has 0 bridgehead atoms. The van der Waals surface area contributed by atoms with Gasteiger partial charge in [-0.2, -0.15) is 13.2 Å². The number of imidazole rings is 1. The molecule has 25 heavy (non-hydrogen) atoms. The Morgan fingerprint density at radius 3 is 2.56 bits per heavy atom. The van der Waals surface area contributed by atoms with Crippen molar-refractivity contribution in [1.82, 2.24) is 9.38 Å². The first-order chi connectivity index (χ1) is 12.0. The Labute approximate surface area is 139 Å². The average molecular weight is 348 g/mol. The van der Waals surface area contributed by atoms with Crippen molar-refractivity contribution in [2.24, 2.45) is 0 Å². The van der Waals surface area contributed by atoms with E-state index in [4.69, 9.17) is 9.47 Å². The summed E-state index contributed by atoms with van der Waals surface area (Å²) in [7, 11) is 0. The van der Waals surface area contributed by atoms with Crippen molar-refractivity contribution < 1.29 is 27.4 Å². The highest BCUT2D eigenvalue weighted by Crippen LogP contribution is 2.36. The summed E-state index contributed by atoms with van der Waals surface area (Å²) >= 11 is 0. The van der Waals surface area contributed by atoms with E-state index in [1.165, 1.54) is 6.07 Å². The highest BCUT2D eigenvalue weighted by molar-refractivity contribution is 5.86. The Morgan fingerprint density at radius 2 is 1.84 bits per heavy atom. The molecular weight excluding hydrogens is 337 g/mol. The lowest BCUT2D eigenvalue weighted by atomic mass is 10.1. The van der Waals surface area contributed by atoms with Gasteiger partial charge in [-0.1, -0.05) is 0 Å². The third kappa shape index (κ3) is 2.59. The van der Waals surface area contributed by atoms with Crippen LogP contribution in [0, 0.1) is 0 Å². The summed E-state index contributed by atoms with van der Waals surface area (Å²) in [6, 6.07) is 7.20. The molecular formula is C17H11F3N2O3. The first kappa shape index (κ1) is 15.5. The first-order valence-electron chi connectivity index (χ1n) is 7.42. The maximum absolute atomic E-state index is 12.9. The van der Waals surface area contributed by atoms with E-state index < -0.39 is 11.7 Å². The summed E-state index contributed by atoms with van der Waals surface area (Å²) < 4.78 is 50.8. The van der Waals surface area contributed by atoms with E-state index in [1.807, 2.05) is 0 Å². The molecule has 8 heteroatoms. The van der Waals surface area contributed by atoms with E-state index in [1.54, 1.807) is 18.2 Å². The number of halogens is 3. The Bertz CT molecular complexity index is 979. The van der Waals surface area contributed by atoms with Crippen LogP contribution in [0.3, 0.4) is 0 Å². The minimum absolute atomic E-state index is 0.0396. The lowest BCUT2D eigenvalue weighted by Gasteiger charge is -2.18. The predicted molar refractivity (Wildman–Crippen MR) is 82.0 cm³/mol. The molecule has 0 spiro atoms. The van der Waals surface area contributed by atoms with Crippen molar-refractivity contribution in [3.63, 3.8) is 0 Å². The highest BCUT2D eigenvalue weighted by Gasteiger charge is 2.31. The van der Waals surface area contributed by atoms with E-state index in [0.717, 1.165) is 16.7 Å². The fraction of sp³-hybridized carbons (Fsp3) is 0.176. The molecule has 128 valence electrons. The van der Waals surface area contributed by atoms with E-state index in [-0.39, 0.29) is 17.0 Å². The SMILES string of the molecule is O=Cc1c(-c2ccc3c(c2)OCCO3)nc2ccc(C(F)(F)F)cn12. The van der Waals surface area contributed by atoms with Crippen LogP contribution in [-0.4, -0.2) is 28.9 Å². The molecule has 0 unspecified atom stereocenters. The number of pyridine rings is 1. The van der Waals surface area contributed by atoms with Gasteiger partial charge in [0.05, 0.1) is 5.56 Å². The number of rotatable bonds is 2. The summed E-state index contributed by atoms with van der Waals surface area (Å²) in [4.78, 5) is 15.8. The Kier molecular flexibility index (Phi) is 3.41. The number of hydrogen-bond acceptors (Lipinski definition) is 4. The summed E-state index contributed by atoms with van der Waals surface area (Å²) in [5.41, 5.74) is 0.280. The first-order valence-corrected chi connectivity index (χ1v) is 7.42. The van der Waals surface area contributed by atoms with Crippen LogP contribution in [0.2, 0.25) is 0 Å². The van der Waals surface area contributed by atoms with Crippen molar-refractivity contribution >= 4 is 11.9 Å². The van der Waals surface area contributed by atoms with Crippen LogP contribution in [0.15, 0.2) is 36.5 Å². The molecule has 0 saturated carbocycles. The van der Waals surface area contributed by atoms with Crippen LogP contribution in [0.1, 0.15) is 16.1 Å². The van der Waals surface area contributed by atoms with E-state index in [0.29, 0.717) is 36.6 Å². The number of hydrogen-bond donors (Lipinski definition) is 0. The molecule has 0 aliphatic carbocycles. The average Bonchev–Trinajstić information content (AvgIpc) is 2.98. The number of carbonyl (C=O) groups excluding carboxylic acids is 1. The normalized spacial score (nSPS) is 13.9. The third-order valence-corrected chi connectivity index (χ3v) is 3.91. The zero-order valence-electron chi connectivity index (χ0n) is 12.7. The monoisotopic (exact) mass is 348 g/mol. The molecule has 0 radical (unpaired) electrons. The third-order valence-electron chi connectivity index (χ3n) is 3.91. The lowest BCUT2D eigenvalue weighted by Crippen LogP contribution is -2.15. The van der Waals surface area contributed by atoms with Crippen LogP contribution in [0.25, 0.3) is 16.9 Å². The Morgan fingerprint density at radius 1 is 1.08 bits per heavy atom. The summed E-state index contributed by atoms with van der Waals surface area (Å²) in [6.45, 7) is 0.845. The van der Waals surface area contributed by atoms with Gasteiger partial charge in [-0.05, 0) is 30.3 Å². The van der Waals surface area contributed by atoms with Crippen molar-refractivity contribution in [2.45, 2.75) is 6.18 Å². The molecule has 3 aromatic rings. The maximum Gasteiger partial charge on any atom is 0.417 e. The van der Waals surface area contributed by atoms with Gasteiger partial charge in [-0.15, -0.1) is 0 Å². The number of fused-ring (bicyclic) bond motifs is 2. The zero-order valence-corrected chi connectivity index (χ0v) is 12.7. The van der Waals surface area contributed by atoms with Gasteiger partial charge >= 0.3 is 6.18 Å². The fourth-order valence-electron chi connectivity index (χ4n) is 2.75. The van der Waals surface area contributed by atoms with E-state index in [2.05, 4.69) is 4.98 Å². The van der Waals surface area contributed by atoms with Crippen LogP contribution < -0.4 is 9.47 Å². The molecule has 1 aliphatic heterocycles. The van der Waals surface area contributed by atoms with Crippen LogP contribution in [-0.2, 0) is 6.18 Å². The second kappa shape index (κ2) is 5.51. The number of carbonyl (C=O) groups is 1. The Hall–Kier alpha value is -3.03. The fourth-order valence-corrected chi connectivity index (χ4v) is 2.75. The van der Waals surface area contributed by atoms with Gasteiger partial charge in [0.15, 0.2) is 17.8 Å². The largest absolute Gasteiger partial charge is 0.486 e. The molecule has 1 aliphatic rings. The van der Waals surface area contributed by atoms with Crippen molar-refractivity contribution in [2.75, 3.05) is 13.2 Å². The Balaban J connectivity index is 1.89. The van der Waals surface area contributed by atoms with Gasteiger partial charge in [0.25, 0.3) is 0 Å². The van der Waals surface area contributed by atoms with Gasteiger partial charge in [0, 0.05) is 11.8 Å². The van der Waals surface area contributed by atoms with Crippen LogP contribution in [0.4, 0.5) is 13.2 Å². The van der Waals surface area contributed by atoms with Gasteiger partial charge < -0.3 is 9.47 Å². The van der Waals surface area contributed by atoms with Gasteiger partial charge in [0.1, 0.15) is 30.2 Å². The van der Waals surface area contributed by atoms with Crippen LogP contribution in [0.5, 0.6) is 11.5 Å². The molecule has 1 aromatic carbocycles. The highest BCUT2D eigenvalue weighted by atomic mass is 19.4. The molecule has 0 N–H and O–H groups in total. The smallest absolute Gasteiger partial charge is 0.417 e. The van der Waals surface area contributed by atoms with Crippen molar-refractivity contribution in [3.05, 3.63) is 47.8 Å². The standard InChI is InChI=1S/C17H11F3N2O3/c18-17(19,20)11-2-4-15-21-16(12(9-23)22(15)8-11)10-1-3-13-14(7-10)25-6-5-24-13/h1-4,7-9H,5-6H2. The molecule has 4 rings (SSSR count). The van der Waals surface area contributed by atoms with E-state index in [9.17, 15) is 18.0 Å².